The lowest BCUT2D eigenvalue weighted by atomic mass is 10.1. The molecular weight excluding hydrogens is 456 g/mol. The summed E-state index contributed by atoms with van der Waals surface area (Å²) in [6.07, 6.45) is 1.72. The van der Waals surface area contributed by atoms with Crippen LogP contribution in [0.1, 0.15) is 16.7 Å². The summed E-state index contributed by atoms with van der Waals surface area (Å²) in [5, 5.41) is 7.89. The Morgan fingerprint density at radius 3 is 2.14 bits per heavy atom. The minimum Gasteiger partial charge on any atom is -0.496 e. The minimum absolute atomic E-state index is 0.155. The number of nitrogens with zero attached hydrogens (tertiary/aromatic N) is 4. The number of aromatic nitrogens is 1. The third-order valence-electron chi connectivity index (χ3n) is 5.44. The van der Waals surface area contributed by atoms with Gasteiger partial charge in [0.05, 0.1) is 19.3 Å². The first-order valence-corrected chi connectivity index (χ1v) is 11.3. The monoisotopic (exact) mass is 484 g/mol. The molecule has 0 radical (unpaired) electrons. The van der Waals surface area contributed by atoms with Crippen LogP contribution in [0.3, 0.4) is 0 Å². The average molecular weight is 485 g/mol. The maximum Gasteiger partial charge on any atom is 0.330 e. The van der Waals surface area contributed by atoms with Crippen LogP contribution in [0.25, 0.3) is 0 Å². The highest BCUT2D eigenvalue weighted by atomic mass is 16.6. The summed E-state index contributed by atoms with van der Waals surface area (Å²) in [6, 6.07) is 31.1. The van der Waals surface area contributed by atoms with Crippen molar-refractivity contribution in [2.24, 2.45) is 5.34 Å². The highest BCUT2D eigenvalue weighted by molar-refractivity contribution is 5.99. The molecule has 36 heavy (non-hydrogen) atoms. The Morgan fingerprint density at radius 1 is 0.889 bits per heavy atom. The molecule has 0 aliphatic rings. The third-order valence-corrected chi connectivity index (χ3v) is 5.44. The molecule has 0 aliphatic carbocycles. The molecule has 0 fully saturated rings. The van der Waals surface area contributed by atoms with Crippen LogP contribution in [0.4, 0.5) is 16.3 Å². The predicted octanol–water partition coefficient (Wildman–Crippen LogP) is 6.50. The van der Waals surface area contributed by atoms with Gasteiger partial charge < -0.3 is 14.8 Å². The smallest absolute Gasteiger partial charge is 0.330 e. The molecule has 0 unspecified atom stereocenters. The van der Waals surface area contributed by atoms with E-state index in [1.165, 1.54) is 5.34 Å². The SMILES string of the molecule is COc1ccccc1CN(Cc1ccccc1)C(=O)N(c1ccccc1)c1ncccc1C.O=NO. The lowest BCUT2D eigenvalue weighted by Crippen LogP contribution is -2.41. The van der Waals surface area contributed by atoms with E-state index in [0.29, 0.717) is 18.9 Å². The Kier molecular flexibility index (Phi) is 9.52. The summed E-state index contributed by atoms with van der Waals surface area (Å²) >= 11 is 0. The van der Waals surface area contributed by atoms with Crippen LogP contribution in [0, 0.1) is 11.8 Å². The maximum absolute atomic E-state index is 14.2. The number of pyridine rings is 1. The summed E-state index contributed by atoms with van der Waals surface area (Å²) in [5.74, 6) is 1.37. The second-order valence-electron chi connectivity index (χ2n) is 7.83. The molecule has 0 saturated carbocycles. The molecular formula is C28H28N4O4. The number of anilines is 2. The third kappa shape index (κ3) is 6.66. The molecule has 1 N–H and O–H groups in total. The van der Waals surface area contributed by atoms with E-state index in [2.05, 4.69) is 4.98 Å². The molecule has 1 aromatic heterocycles. The molecule has 8 nitrogen and oxygen atoms in total. The van der Waals surface area contributed by atoms with Crippen LogP contribution in [0.2, 0.25) is 0 Å². The summed E-state index contributed by atoms with van der Waals surface area (Å²) in [6.45, 7) is 2.81. The summed E-state index contributed by atoms with van der Waals surface area (Å²) in [5.41, 5.74) is 3.68. The molecule has 0 atom stereocenters. The van der Waals surface area contributed by atoms with Gasteiger partial charge in [-0.1, -0.05) is 72.8 Å². The quantitative estimate of drug-likeness (QED) is 0.239. The molecule has 0 saturated heterocycles. The molecule has 4 aromatic rings. The number of hydrogen-bond donors (Lipinski definition) is 1. The largest absolute Gasteiger partial charge is 0.496 e. The van der Waals surface area contributed by atoms with Crippen molar-refractivity contribution in [1.82, 2.24) is 9.88 Å². The van der Waals surface area contributed by atoms with Crippen LogP contribution < -0.4 is 9.64 Å². The zero-order valence-electron chi connectivity index (χ0n) is 20.2. The average Bonchev–Trinajstić information content (AvgIpc) is 2.91. The van der Waals surface area contributed by atoms with Crippen molar-refractivity contribution >= 4 is 17.5 Å². The first-order chi connectivity index (χ1) is 17.6. The van der Waals surface area contributed by atoms with Gasteiger partial charge in [0, 0.05) is 18.3 Å². The Morgan fingerprint density at radius 2 is 1.50 bits per heavy atom. The van der Waals surface area contributed by atoms with E-state index in [1.807, 2.05) is 109 Å². The number of amides is 2. The van der Waals surface area contributed by atoms with Gasteiger partial charge in [-0.3, -0.25) is 0 Å². The van der Waals surface area contributed by atoms with Gasteiger partial charge in [-0.25, -0.2) is 14.7 Å². The van der Waals surface area contributed by atoms with Gasteiger partial charge in [-0.2, -0.15) is 0 Å². The maximum atomic E-state index is 14.2. The number of carbonyl (C=O) groups excluding carboxylic acids is 1. The fourth-order valence-electron chi connectivity index (χ4n) is 3.79. The molecule has 0 spiro atoms. The lowest BCUT2D eigenvalue weighted by Gasteiger charge is -2.31. The number of methoxy groups -OCH3 is 1. The first-order valence-electron chi connectivity index (χ1n) is 11.3. The number of hydrogen-bond acceptors (Lipinski definition) is 5. The van der Waals surface area contributed by atoms with Crippen molar-refractivity contribution in [1.29, 1.82) is 0 Å². The van der Waals surface area contributed by atoms with Crippen molar-refractivity contribution in [3.05, 3.63) is 125 Å². The molecule has 184 valence electrons. The number of urea groups is 1. The Bertz CT molecular complexity index is 1250. The molecule has 0 aliphatic heterocycles. The summed E-state index contributed by atoms with van der Waals surface area (Å²) in [4.78, 5) is 30.4. The summed E-state index contributed by atoms with van der Waals surface area (Å²) < 4.78 is 5.56. The number of benzene rings is 3. The number of ether oxygens (including phenoxy) is 1. The Balaban J connectivity index is 0.00000115. The highest BCUT2D eigenvalue weighted by Gasteiger charge is 2.27. The standard InChI is InChI=1S/C28H27N3O2.HNO2/c1-22-12-11-19-29-27(22)31(25-16-7-4-8-17-25)28(32)30(20-23-13-5-3-6-14-23)21-24-15-9-10-18-26(24)33-2;2-1-3/h3-19H,20-21H2,1-2H3;(H,2,3). The fourth-order valence-corrected chi connectivity index (χ4v) is 3.79. The molecule has 2 amide bonds. The molecule has 8 heteroatoms. The number of rotatable bonds is 7. The zero-order valence-corrected chi connectivity index (χ0v) is 20.2. The van der Waals surface area contributed by atoms with Crippen molar-refractivity contribution in [3.8, 4) is 5.75 Å². The second-order valence-corrected chi connectivity index (χ2v) is 7.83. The zero-order chi connectivity index (χ0) is 25.8. The topological polar surface area (TPSA) is 95.3 Å². The van der Waals surface area contributed by atoms with Crippen LogP contribution in [0.15, 0.2) is 109 Å². The van der Waals surface area contributed by atoms with E-state index in [4.69, 9.17) is 14.9 Å². The van der Waals surface area contributed by atoms with Gasteiger partial charge in [-0.15, -0.1) is 4.91 Å². The van der Waals surface area contributed by atoms with Crippen LogP contribution in [0.5, 0.6) is 5.75 Å². The van der Waals surface area contributed by atoms with Gasteiger partial charge in [0.25, 0.3) is 0 Å². The van der Waals surface area contributed by atoms with Crippen LogP contribution >= 0.6 is 0 Å². The van der Waals surface area contributed by atoms with Gasteiger partial charge >= 0.3 is 6.03 Å². The number of aryl methyl sites for hydroxylation is 1. The van der Waals surface area contributed by atoms with E-state index in [-0.39, 0.29) is 6.03 Å². The lowest BCUT2D eigenvalue weighted by molar-refractivity contribution is 0.201. The first kappa shape index (κ1) is 25.9. The molecule has 0 bridgehead atoms. The number of carbonyl (C=O) groups is 1. The molecule has 4 rings (SSSR count). The van der Waals surface area contributed by atoms with Crippen LogP contribution in [-0.4, -0.2) is 28.2 Å². The van der Waals surface area contributed by atoms with E-state index in [9.17, 15) is 4.79 Å². The molecule has 3 aromatic carbocycles. The molecule has 1 heterocycles. The Labute approximate surface area is 210 Å². The predicted molar refractivity (Wildman–Crippen MR) is 139 cm³/mol. The van der Waals surface area contributed by atoms with Gasteiger partial charge in [0.15, 0.2) is 5.34 Å². The van der Waals surface area contributed by atoms with Crippen molar-refractivity contribution in [3.63, 3.8) is 0 Å². The van der Waals surface area contributed by atoms with Crippen molar-refractivity contribution in [2.75, 3.05) is 12.0 Å². The van der Waals surface area contributed by atoms with E-state index in [0.717, 1.165) is 28.1 Å². The van der Waals surface area contributed by atoms with E-state index in [1.54, 1.807) is 18.2 Å². The van der Waals surface area contributed by atoms with Gasteiger partial charge in [0.1, 0.15) is 11.6 Å². The normalized spacial score (nSPS) is 9.94. The van der Waals surface area contributed by atoms with Gasteiger partial charge in [-0.05, 0) is 42.3 Å². The minimum atomic E-state index is -0.155. The van der Waals surface area contributed by atoms with Crippen molar-refractivity contribution < 1.29 is 14.7 Å². The van der Waals surface area contributed by atoms with E-state index >= 15 is 0 Å². The van der Waals surface area contributed by atoms with Gasteiger partial charge in [0.2, 0.25) is 0 Å². The summed E-state index contributed by atoms with van der Waals surface area (Å²) in [7, 11) is 1.65. The second kappa shape index (κ2) is 13.2. The fraction of sp³-hybridized carbons (Fsp3) is 0.143. The number of para-hydroxylation sites is 2. The van der Waals surface area contributed by atoms with Crippen molar-refractivity contribution in [2.45, 2.75) is 20.0 Å². The highest BCUT2D eigenvalue weighted by Crippen LogP contribution is 2.29. The van der Waals surface area contributed by atoms with Crippen LogP contribution in [-0.2, 0) is 13.1 Å². The Hall–Kier alpha value is -4.72. The van der Waals surface area contributed by atoms with E-state index < -0.39 is 0 Å².